The van der Waals surface area contributed by atoms with Gasteiger partial charge in [-0.3, -0.25) is 9.69 Å². The van der Waals surface area contributed by atoms with Crippen molar-refractivity contribution >= 4 is 5.91 Å². The minimum atomic E-state index is 0.103. The minimum absolute atomic E-state index is 0.103. The molecule has 0 bridgehead atoms. The minimum Gasteiger partial charge on any atom is -0.497 e. The first-order valence-corrected chi connectivity index (χ1v) is 11.9. The molecule has 172 valence electrons. The Kier molecular flexibility index (Phi) is 7.69. The Bertz CT molecular complexity index is 878. The van der Waals surface area contributed by atoms with Crippen LogP contribution in [-0.2, 0) is 17.8 Å². The van der Waals surface area contributed by atoms with E-state index in [1.807, 2.05) is 18.2 Å². The Labute approximate surface area is 192 Å². The summed E-state index contributed by atoms with van der Waals surface area (Å²) in [6.07, 6.45) is 5.40. The number of nitrogens with zero attached hydrogens (tertiary/aromatic N) is 2. The van der Waals surface area contributed by atoms with Crippen LogP contribution in [0.3, 0.4) is 0 Å². The van der Waals surface area contributed by atoms with E-state index in [1.54, 1.807) is 14.2 Å². The number of likely N-dealkylation sites (tertiary alicyclic amines) is 2. The third kappa shape index (κ3) is 5.63. The van der Waals surface area contributed by atoms with E-state index in [1.165, 1.54) is 5.56 Å². The number of carbonyl (C=O) groups excluding carboxylic acids is 1. The fourth-order valence-electron chi connectivity index (χ4n) is 5.21. The molecular weight excluding hydrogens is 400 g/mol. The molecule has 2 aromatic rings. The van der Waals surface area contributed by atoms with Crippen molar-refractivity contribution in [1.29, 1.82) is 0 Å². The molecule has 0 N–H and O–H groups in total. The van der Waals surface area contributed by atoms with Crippen molar-refractivity contribution in [2.45, 2.75) is 38.6 Å². The molecule has 5 heteroatoms. The van der Waals surface area contributed by atoms with Gasteiger partial charge in [0.1, 0.15) is 11.5 Å². The Morgan fingerprint density at radius 1 is 0.969 bits per heavy atom. The quantitative estimate of drug-likeness (QED) is 0.645. The summed E-state index contributed by atoms with van der Waals surface area (Å²) in [7, 11) is 3.39. The number of methoxy groups -OCH3 is 2. The Hall–Kier alpha value is -2.53. The molecule has 2 aromatic carbocycles. The molecule has 0 aromatic heterocycles. The molecule has 32 heavy (non-hydrogen) atoms. The van der Waals surface area contributed by atoms with Crippen molar-refractivity contribution in [2.75, 3.05) is 40.4 Å². The summed E-state index contributed by atoms with van der Waals surface area (Å²) in [5.41, 5.74) is 2.52. The van der Waals surface area contributed by atoms with E-state index in [0.29, 0.717) is 11.8 Å². The predicted octanol–water partition coefficient (Wildman–Crippen LogP) is 4.40. The van der Waals surface area contributed by atoms with Crippen LogP contribution < -0.4 is 9.47 Å². The van der Waals surface area contributed by atoms with E-state index in [4.69, 9.17) is 9.47 Å². The van der Waals surface area contributed by atoms with E-state index in [0.717, 1.165) is 81.9 Å². The van der Waals surface area contributed by atoms with Gasteiger partial charge in [-0.25, -0.2) is 0 Å². The molecule has 0 unspecified atom stereocenters. The zero-order valence-electron chi connectivity index (χ0n) is 19.5. The number of ether oxygens (including phenoxy) is 2. The van der Waals surface area contributed by atoms with Crippen LogP contribution in [-0.4, -0.2) is 56.1 Å². The van der Waals surface area contributed by atoms with Crippen LogP contribution in [0.2, 0.25) is 0 Å². The van der Waals surface area contributed by atoms with Crippen LogP contribution in [0.15, 0.2) is 48.5 Å². The molecule has 2 heterocycles. The van der Waals surface area contributed by atoms with E-state index >= 15 is 0 Å². The Morgan fingerprint density at radius 3 is 2.47 bits per heavy atom. The van der Waals surface area contributed by atoms with Crippen molar-refractivity contribution in [3.63, 3.8) is 0 Å². The van der Waals surface area contributed by atoms with Crippen LogP contribution >= 0.6 is 0 Å². The number of hydrogen-bond acceptors (Lipinski definition) is 4. The van der Waals surface area contributed by atoms with Gasteiger partial charge in [-0.15, -0.1) is 0 Å². The number of carbonyl (C=O) groups is 1. The van der Waals surface area contributed by atoms with E-state index in [2.05, 4.69) is 40.1 Å². The predicted molar refractivity (Wildman–Crippen MR) is 127 cm³/mol. The van der Waals surface area contributed by atoms with Crippen LogP contribution in [0.1, 0.15) is 36.8 Å². The van der Waals surface area contributed by atoms with Gasteiger partial charge in [0.25, 0.3) is 0 Å². The molecule has 0 spiro atoms. The number of hydrogen-bond donors (Lipinski definition) is 0. The molecule has 2 saturated heterocycles. The maximum atomic E-state index is 13.3. The second-order valence-corrected chi connectivity index (χ2v) is 9.21. The van der Waals surface area contributed by atoms with Gasteiger partial charge in [0, 0.05) is 31.7 Å². The normalized spacial score (nSPS) is 20.2. The molecule has 0 aliphatic carbocycles. The SMILES string of the molecule is COc1ccc(OC)c(CN2CCC[C@H](C(=O)N3CCC(Cc4ccccc4)CC3)C2)c1. The van der Waals surface area contributed by atoms with Gasteiger partial charge in [-0.2, -0.15) is 0 Å². The molecule has 0 saturated carbocycles. The van der Waals surface area contributed by atoms with Crippen LogP contribution in [0.5, 0.6) is 11.5 Å². The summed E-state index contributed by atoms with van der Waals surface area (Å²) in [4.78, 5) is 17.8. The summed E-state index contributed by atoms with van der Waals surface area (Å²) in [5.74, 6) is 2.85. The first-order chi connectivity index (χ1) is 15.7. The molecule has 1 atom stereocenters. The highest BCUT2D eigenvalue weighted by Crippen LogP contribution is 2.29. The van der Waals surface area contributed by atoms with Crippen molar-refractivity contribution in [3.05, 3.63) is 59.7 Å². The highest BCUT2D eigenvalue weighted by atomic mass is 16.5. The Balaban J connectivity index is 1.30. The second kappa shape index (κ2) is 10.9. The molecule has 2 fully saturated rings. The summed E-state index contributed by atoms with van der Waals surface area (Å²) in [6.45, 7) is 4.42. The number of benzene rings is 2. The molecule has 2 aliphatic rings. The third-order valence-corrected chi connectivity index (χ3v) is 7.03. The maximum absolute atomic E-state index is 13.3. The zero-order chi connectivity index (χ0) is 22.3. The first-order valence-electron chi connectivity index (χ1n) is 11.9. The molecule has 1 amide bonds. The monoisotopic (exact) mass is 436 g/mol. The summed E-state index contributed by atoms with van der Waals surface area (Å²) in [5, 5.41) is 0. The largest absolute Gasteiger partial charge is 0.497 e. The van der Waals surface area contributed by atoms with Crippen LogP contribution in [0.4, 0.5) is 0 Å². The number of piperidine rings is 2. The smallest absolute Gasteiger partial charge is 0.226 e. The lowest BCUT2D eigenvalue weighted by Gasteiger charge is -2.38. The summed E-state index contributed by atoms with van der Waals surface area (Å²) >= 11 is 0. The van der Waals surface area contributed by atoms with Crippen LogP contribution in [0.25, 0.3) is 0 Å². The average molecular weight is 437 g/mol. The van der Waals surface area contributed by atoms with Crippen LogP contribution in [0, 0.1) is 11.8 Å². The van der Waals surface area contributed by atoms with Gasteiger partial charge >= 0.3 is 0 Å². The van der Waals surface area contributed by atoms with Gasteiger partial charge in [0.15, 0.2) is 0 Å². The van der Waals surface area contributed by atoms with Crippen molar-refractivity contribution in [3.8, 4) is 11.5 Å². The van der Waals surface area contributed by atoms with E-state index in [-0.39, 0.29) is 5.92 Å². The van der Waals surface area contributed by atoms with Crippen molar-refractivity contribution in [2.24, 2.45) is 11.8 Å². The second-order valence-electron chi connectivity index (χ2n) is 9.21. The number of rotatable bonds is 7. The molecular formula is C27H36N2O3. The van der Waals surface area contributed by atoms with E-state index in [9.17, 15) is 4.79 Å². The Morgan fingerprint density at radius 2 is 1.75 bits per heavy atom. The van der Waals surface area contributed by atoms with Gasteiger partial charge in [-0.1, -0.05) is 30.3 Å². The lowest BCUT2D eigenvalue weighted by Crippen LogP contribution is -2.47. The molecule has 2 aliphatic heterocycles. The highest BCUT2D eigenvalue weighted by molar-refractivity contribution is 5.79. The number of amides is 1. The molecule has 0 radical (unpaired) electrons. The fraction of sp³-hybridized carbons (Fsp3) is 0.519. The summed E-state index contributed by atoms with van der Waals surface area (Å²) < 4.78 is 10.9. The van der Waals surface area contributed by atoms with Gasteiger partial charge < -0.3 is 14.4 Å². The maximum Gasteiger partial charge on any atom is 0.226 e. The highest BCUT2D eigenvalue weighted by Gasteiger charge is 2.31. The van der Waals surface area contributed by atoms with Crippen molar-refractivity contribution < 1.29 is 14.3 Å². The fourth-order valence-corrected chi connectivity index (χ4v) is 5.21. The lowest BCUT2D eigenvalue weighted by atomic mass is 9.89. The summed E-state index contributed by atoms with van der Waals surface area (Å²) in [6, 6.07) is 16.7. The first kappa shape index (κ1) is 22.7. The van der Waals surface area contributed by atoms with E-state index < -0.39 is 0 Å². The standard InChI is InChI=1S/C27H36N2O3/c1-31-25-10-11-26(32-2)24(18-25)20-28-14-6-9-23(19-28)27(30)29-15-12-22(13-16-29)17-21-7-4-3-5-8-21/h3-5,7-8,10-11,18,22-23H,6,9,12-17,19-20H2,1-2H3/t23-/m0/s1. The lowest BCUT2D eigenvalue weighted by molar-refractivity contribution is -0.138. The third-order valence-electron chi connectivity index (χ3n) is 7.03. The average Bonchev–Trinajstić information content (AvgIpc) is 2.85. The van der Waals surface area contributed by atoms with Gasteiger partial charge in [0.2, 0.25) is 5.91 Å². The topological polar surface area (TPSA) is 42.0 Å². The van der Waals surface area contributed by atoms with Gasteiger partial charge in [-0.05, 0) is 68.3 Å². The van der Waals surface area contributed by atoms with Gasteiger partial charge in [0.05, 0.1) is 20.1 Å². The molecule has 4 rings (SSSR count). The molecule has 5 nitrogen and oxygen atoms in total. The zero-order valence-corrected chi connectivity index (χ0v) is 19.5. The van der Waals surface area contributed by atoms with Crippen molar-refractivity contribution in [1.82, 2.24) is 9.80 Å².